The molecule has 1 saturated carbocycles. The van der Waals surface area contributed by atoms with E-state index in [1.807, 2.05) is 6.92 Å². The number of rotatable bonds is 2. The lowest BCUT2D eigenvalue weighted by atomic mass is 9.76. The van der Waals surface area contributed by atoms with Gasteiger partial charge >= 0.3 is 0 Å². The van der Waals surface area contributed by atoms with Crippen molar-refractivity contribution in [2.45, 2.75) is 44.6 Å². The molecule has 1 aromatic rings. The van der Waals surface area contributed by atoms with Crippen molar-refractivity contribution in [2.75, 3.05) is 0 Å². The van der Waals surface area contributed by atoms with Crippen LogP contribution in [0.25, 0.3) is 0 Å². The summed E-state index contributed by atoms with van der Waals surface area (Å²) in [6.07, 6.45) is 5.29. The van der Waals surface area contributed by atoms with Crippen molar-refractivity contribution in [1.29, 1.82) is 0 Å². The SMILES string of the molecule is Cc1ccc([N+](=O)[O-])cc1C1(N)CCCCC1. The van der Waals surface area contributed by atoms with Gasteiger partial charge in [0.25, 0.3) is 5.69 Å². The fourth-order valence-electron chi connectivity index (χ4n) is 2.71. The van der Waals surface area contributed by atoms with Crippen LogP contribution in [0.1, 0.15) is 43.2 Å². The average Bonchev–Trinajstić information content (AvgIpc) is 2.30. The molecule has 0 bridgehead atoms. The molecular weight excluding hydrogens is 216 g/mol. The summed E-state index contributed by atoms with van der Waals surface area (Å²) in [5.74, 6) is 0. The van der Waals surface area contributed by atoms with Crippen LogP contribution in [0.4, 0.5) is 5.69 Å². The Bertz CT molecular complexity index is 437. The molecule has 2 N–H and O–H groups in total. The van der Waals surface area contributed by atoms with Crippen molar-refractivity contribution in [1.82, 2.24) is 0 Å². The first-order valence-corrected chi connectivity index (χ1v) is 6.07. The zero-order valence-corrected chi connectivity index (χ0v) is 10.1. The van der Waals surface area contributed by atoms with Gasteiger partial charge in [0.1, 0.15) is 0 Å². The molecule has 0 heterocycles. The van der Waals surface area contributed by atoms with Gasteiger partial charge in [0.15, 0.2) is 0 Å². The molecule has 4 nitrogen and oxygen atoms in total. The van der Waals surface area contributed by atoms with Crippen LogP contribution in [0.3, 0.4) is 0 Å². The number of hydrogen-bond donors (Lipinski definition) is 1. The average molecular weight is 234 g/mol. The zero-order chi connectivity index (χ0) is 12.5. The fraction of sp³-hybridized carbons (Fsp3) is 0.538. The highest BCUT2D eigenvalue weighted by Crippen LogP contribution is 2.37. The molecule has 2 rings (SSSR count). The van der Waals surface area contributed by atoms with Crippen molar-refractivity contribution in [2.24, 2.45) is 5.73 Å². The quantitative estimate of drug-likeness (QED) is 0.631. The largest absolute Gasteiger partial charge is 0.321 e. The van der Waals surface area contributed by atoms with E-state index in [4.69, 9.17) is 5.73 Å². The van der Waals surface area contributed by atoms with Gasteiger partial charge in [-0.15, -0.1) is 0 Å². The van der Waals surface area contributed by atoms with E-state index in [1.54, 1.807) is 18.2 Å². The van der Waals surface area contributed by atoms with E-state index < -0.39 is 0 Å². The molecule has 1 aromatic carbocycles. The molecule has 0 atom stereocenters. The number of nitro benzene ring substituents is 1. The van der Waals surface area contributed by atoms with E-state index in [0.29, 0.717) is 0 Å². The van der Waals surface area contributed by atoms with Crippen LogP contribution in [0.2, 0.25) is 0 Å². The minimum atomic E-state index is -0.367. The smallest absolute Gasteiger partial charge is 0.269 e. The lowest BCUT2D eigenvalue weighted by Crippen LogP contribution is -2.39. The van der Waals surface area contributed by atoms with Gasteiger partial charge < -0.3 is 5.73 Å². The van der Waals surface area contributed by atoms with Crippen LogP contribution >= 0.6 is 0 Å². The second-order valence-electron chi connectivity index (χ2n) is 4.97. The van der Waals surface area contributed by atoms with Gasteiger partial charge in [-0.3, -0.25) is 10.1 Å². The molecule has 4 heteroatoms. The summed E-state index contributed by atoms with van der Waals surface area (Å²) in [5, 5.41) is 10.8. The van der Waals surface area contributed by atoms with E-state index in [2.05, 4.69) is 0 Å². The number of nitrogens with zero attached hydrogens (tertiary/aromatic N) is 1. The maximum Gasteiger partial charge on any atom is 0.269 e. The Hall–Kier alpha value is -1.42. The number of nitro groups is 1. The molecule has 0 aromatic heterocycles. The van der Waals surface area contributed by atoms with Crippen molar-refractivity contribution in [3.05, 3.63) is 39.4 Å². The Morgan fingerprint density at radius 1 is 1.29 bits per heavy atom. The summed E-state index contributed by atoms with van der Waals surface area (Å²) in [6.45, 7) is 1.97. The van der Waals surface area contributed by atoms with Gasteiger partial charge in [0, 0.05) is 17.7 Å². The molecule has 1 aliphatic rings. The van der Waals surface area contributed by atoms with Gasteiger partial charge in [-0.05, 0) is 30.9 Å². The van der Waals surface area contributed by atoms with Crippen molar-refractivity contribution >= 4 is 5.69 Å². The highest BCUT2D eigenvalue weighted by molar-refractivity contribution is 5.43. The number of benzene rings is 1. The topological polar surface area (TPSA) is 69.2 Å². The summed E-state index contributed by atoms with van der Waals surface area (Å²) in [5.41, 5.74) is 8.21. The molecule has 0 aliphatic heterocycles. The highest BCUT2D eigenvalue weighted by atomic mass is 16.6. The molecule has 0 spiro atoms. The Morgan fingerprint density at radius 3 is 2.53 bits per heavy atom. The maximum atomic E-state index is 10.8. The number of aryl methyl sites for hydroxylation is 1. The maximum absolute atomic E-state index is 10.8. The summed E-state index contributed by atoms with van der Waals surface area (Å²) in [6, 6.07) is 5.00. The molecule has 92 valence electrons. The predicted octanol–water partition coefficient (Wildman–Crippen LogP) is 3.02. The minimum absolute atomic E-state index is 0.140. The van der Waals surface area contributed by atoms with Crippen LogP contribution in [0.15, 0.2) is 18.2 Å². The Kier molecular flexibility index (Phi) is 3.15. The molecule has 0 saturated heterocycles. The molecule has 0 radical (unpaired) electrons. The molecular formula is C13H18N2O2. The Labute approximate surface area is 101 Å². The fourth-order valence-corrected chi connectivity index (χ4v) is 2.71. The molecule has 0 amide bonds. The lowest BCUT2D eigenvalue weighted by Gasteiger charge is -2.34. The molecule has 0 unspecified atom stereocenters. The normalized spacial score (nSPS) is 18.9. The van der Waals surface area contributed by atoms with Crippen LogP contribution in [-0.4, -0.2) is 4.92 Å². The minimum Gasteiger partial charge on any atom is -0.321 e. The second-order valence-corrected chi connectivity index (χ2v) is 4.97. The van der Waals surface area contributed by atoms with Crippen molar-refractivity contribution in [3.8, 4) is 0 Å². The van der Waals surface area contributed by atoms with E-state index in [1.165, 1.54) is 6.42 Å². The zero-order valence-electron chi connectivity index (χ0n) is 10.1. The molecule has 1 aliphatic carbocycles. The summed E-state index contributed by atoms with van der Waals surface area (Å²) in [4.78, 5) is 10.5. The van der Waals surface area contributed by atoms with Gasteiger partial charge in [-0.2, -0.15) is 0 Å². The molecule has 1 fully saturated rings. The third kappa shape index (κ3) is 2.31. The second kappa shape index (κ2) is 4.45. The van der Waals surface area contributed by atoms with Gasteiger partial charge in [0.2, 0.25) is 0 Å². The van der Waals surface area contributed by atoms with Crippen LogP contribution < -0.4 is 5.73 Å². The predicted molar refractivity (Wildman–Crippen MR) is 66.8 cm³/mol. The van der Waals surface area contributed by atoms with E-state index in [9.17, 15) is 10.1 Å². The lowest BCUT2D eigenvalue weighted by molar-refractivity contribution is -0.385. The van der Waals surface area contributed by atoms with E-state index in [0.717, 1.165) is 36.8 Å². The Balaban J connectivity index is 2.42. The monoisotopic (exact) mass is 234 g/mol. The van der Waals surface area contributed by atoms with Gasteiger partial charge in [-0.1, -0.05) is 25.3 Å². The molecule has 17 heavy (non-hydrogen) atoms. The first kappa shape index (κ1) is 12.0. The first-order valence-electron chi connectivity index (χ1n) is 6.07. The van der Waals surface area contributed by atoms with E-state index >= 15 is 0 Å². The third-order valence-corrected chi connectivity index (χ3v) is 3.71. The number of hydrogen-bond acceptors (Lipinski definition) is 3. The first-order chi connectivity index (χ1) is 8.03. The summed E-state index contributed by atoms with van der Waals surface area (Å²) in [7, 11) is 0. The highest BCUT2D eigenvalue weighted by Gasteiger charge is 2.31. The van der Waals surface area contributed by atoms with Crippen molar-refractivity contribution < 1.29 is 4.92 Å². The van der Waals surface area contributed by atoms with E-state index in [-0.39, 0.29) is 16.1 Å². The van der Waals surface area contributed by atoms with Crippen LogP contribution in [-0.2, 0) is 5.54 Å². The van der Waals surface area contributed by atoms with Crippen LogP contribution in [0.5, 0.6) is 0 Å². The van der Waals surface area contributed by atoms with Crippen molar-refractivity contribution in [3.63, 3.8) is 0 Å². The summed E-state index contributed by atoms with van der Waals surface area (Å²) < 4.78 is 0. The number of non-ortho nitro benzene ring substituents is 1. The summed E-state index contributed by atoms with van der Waals surface area (Å²) >= 11 is 0. The Morgan fingerprint density at radius 2 is 1.94 bits per heavy atom. The number of nitrogens with two attached hydrogens (primary N) is 1. The van der Waals surface area contributed by atoms with Crippen LogP contribution in [0, 0.1) is 17.0 Å². The van der Waals surface area contributed by atoms with Gasteiger partial charge in [0.05, 0.1) is 4.92 Å². The third-order valence-electron chi connectivity index (χ3n) is 3.71. The van der Waals surface area contributed by atoms with Gasteiger partial charge in [-0.25, -0.2) is 0 Å². The standard InChI is InChI=1S/C13H18N2O2/c1-10-5-6-11(15(16)17)9-12(10)13(14)7-3-2-4-8-13/h5-6,9H,2-4,7-8,14H2,1H3.